The van der Waals surface area contributed by atoms with Gasteiger partial charge in [0.1, 0.15) is 0 Å². The van der Waals surface area contributed by atoms with Gasteiger partial charge in [0.25, 0.3) is 0 Å². The number of hydrogen-bond acceptors (Lipinski definition) is 4. The molecule has 0 spiro atoms. The second kappa shape index (κ2) is 6.98. The lowest BCUT2D eigenvalue weighted by Gasteiger charge is -2.17. The van der Waals surface area contributed by atoms with Crippen LogP contribution in [0.3, 0.4) is 0 Å². The SMILES string of the molecule is CN(C)Cc1ccc(CN2CC(CS(=O)(=O)Cl)CC2=O)cc1. The fraction of sp³-hybridized carbons (Fsp3) is 0.533. The van der Waals surface area contributed by atoms with Crippen LogP contribution in [-0.2, 0) is 26.9 Å². The second-order valence-electron chi connectivity index (χ2n) is 6.10. The van der Waals surface area contributed by atoms with E-state index in [0.717, 1.165) is 12.1 Å². The van der Waals surface area contributed by atoms with E-state index < -0.39 is 9.05 Å². The molecule has 5 nitrogen and oxygen atoms in total. The highest BCUT2D eigenvalue weighted by Gasteiger charge is 2.32. The first-order chi connectivity index (χ1) is 10.2. The highest BCUT2D eigenvalue weighted by molar-refractivity contribution is 8.13. The van der Waals surface area contributed by atoms with Gasteiger partial charge >= 0.3 is 0 Å². The van der Waals surface area contributed by atoms with E-state index in [1.807, 2.05) is 26.2 Å². The van der Waals surface area contributed by atoms with Crippen molar-refractivity contribution in [3.8, 4) is 0 Å². The number of carbonyl (C=O) groups excluding carboxylic acids is 1. The van der Waals surface area contributed by atoms with Gasteiger partial charge in [-0.3, -0.25) is 4.79 Å². The largest absolute Gasteiger partial charge is 0.338 e. The molecule has 0 N–H and O–H groups in total. The minimum Gasteiger partial charge on any atom is -0.338 e. The molecule has 1 fully saturated rings. The number of carbonyl (C=O) groups is 1. The quantitative estimate of drug-likeness (QED) is 0.736. The molecule has 1 unspecified atom stereocenters. The van der Waals surface area contributed by atoms with Gasteiger partial charge in [-0.05, 0) is 25.2 Å². The third-order valence-electron chi connectivity index (χ3n) is 3.62. The lowest BCUT2D eigenvalue weighted by atomic mass is 10.1. The fourth-order valence-corrected chi connectivity index (χ4v) is 4.06. The van der Waals surface area contributed by atoms with Crippen molar-refractivity contribution in [1.82, 2.24) is 9.80 Å². The van der Waals surface area contributed by atoms with Crippen LogP contribution in [0.4, 0.5) is 0 Å². The molecule has 1 aromatic rings. The molecule has 0 bridgehead atoms. The molecule has 7 heteroatoms. The molecule has 0 radical (unpaired) electrons. The van der Waals surface area contributed by atoms with Gasteiger partial charge in [-0.2, -0.15) is 0 Å². The Hall–Kier alpha value is -1.11. The Kier molecular flexibility index (Phi) is 5.47. The van der Waals surface area contributed by atoms with Crippen LogP contribution >= 0.6 is 10.7 Å². The van der Waals surface area contributed by atoms with E-state index in [0.29, 0.717) is 13.1 Å². The summed E-state index contributed by atoms with van der Waals surface area (Å²) in [4.78, 5) is 15.8. The van der Waals surface area contributed by atoms with Gasteiger partial charge in [0.05, 0.1) is 5.75 Å². The Bertz CT molecular complexity index is 629. The Morgan fingerprint density at radius 3 is 2.36 bits per heavy atom. The molecule has 122 valence electrons. The van der Waals surface area contributed by atoms with Crippen LogP contribution in [0.1, 0.15) is 17.5 Å². The molecule has 1 amide bonds. The maximum Gasteiger partial charge on any atom is 0.232 e. The van der Waals surface area contributed by atoms with Gasteiger partial charge in [0.15, 0.2) is 0 Å². The maximum atomic E-state index is 12.0. The lowest BCUT2D eigenvalue weighted by Crippen LogP contribution is -2.25. The fourth-order valence-electron chi connectivity index (χ4n) is 2.74. The molecule has 0 aliphatic carbocycles. The van der Waals surface area contributed by atoms with Crippen molar-refractivity contribution in [3.63, 3.8) is 0 Å². The normalized spacial score (nSPS) is 19.2. The average molecular weight is 345 g/mol. The summed E-state index contributed by atoms with van der Waals surface area (Å²) < 4.78 is 22.2. The van der Waals surface area contributed by atoms with Crippen LogP contribution in [0.5, 0.6) is 0 Å². The van der Waals surface area contributed by atoms with Crippen molar-refractivity contribution >= 4 is 25.6 Å². The molecular formula is C15H21ClN2O3S. The van der Waals surface area contributed by atoms with Gasteiger partial charge in [-0.25, -0.2) is 8.42 Å². The molecule has 2 rings (SSSR count). The van der Waals surface area contributed by atoms with E-state index >= 15 is 0 Å². The molecule has 1 aliphatic heterocycles. The molecule has 1 aliphatic rings. The zero-order valence-corrected chi connectivity index (χ0v) is 14.4. The number of benzene rings is 1. The summed E-state index contributed by atoms with van der Waals surface area (Å²) in [6.07, 6.45) is 0.255. The molecule has 1 atom stereocenters. The van der Waals surface area contributed by atoms with Crippen molar-refractivity contribution in [2.75, 3.05) is 26.4 Å². The first-order valence-corrected chi connectivity index (χ1v) is 9.63. The predicted molar refractivity (Wildman–Crippen MR) is 87.0 cm³/mol. The maximum absolute atomic E-state index is 12.0. The standard InChI is InChI=1S/C15H21ClN2O3S/c1-17(2)8-12-3-5-13(6-4-12)9-18-10-14(7-15(18)19)11-22(16,20)21/h3-6,14H,7-11H2,1-2H3. The molecule has 0 saturated carbocycles. The van der Waals surface area contributed by atoms with Gasteiger partial charge in [0.2, 0.25) is 15.0 Å². The highest BCUT2D eigenvalue weighted by Crippen LogP contribution is 2.22. The van der Waals surface area contributed by atoms with Gasteiger partial charge in [-0.1, -0.05) is 24.3 Å². The van der Waals surface area contributed by atoms with Gasteiger partial charge in [0, 0.05) is 42.7 Å². The molecule has 1 aromatic carbocycles. The van der Waals surface area contributed by atoms with Crippen LogP contribution in [0.2, 0.25) is 0 Å². The summed E-state index contributed by atoms with van der Waals surface area (Å²) in [5, 5.41) is 0. The Morgan fingerprint density at radius 2 is 1.82 bits per heavy atom. The molecule has 1 heterocycles. The van der Waals surface area contributed by atoms with Crippen molar-refractivity contribution < 1.29 is 13.2 Å². The third kappa shape index (κ3) is 5.26. The van der Waals surface area contributed by atoms with Crippen molar-refractivity contribution in [3.05, 3.63) is 35.4 Å². The van der Waals surface area contributed by atoms with Crippen LogP contribution in [-0.4, -0.2) is 50.5 Å². The third-order valence-corrected chi connectivity index (χ3v) is 4.87. The first kappa shape index (κ1) is 17.2. The number of amides is 1. The van der Waals surface area contributed by atoms with E-state index in [-0.39, 0.29) is 24.0 Å². The summed E-state index contributed by atoms with van der Waals surface area (Å²) in [5.74, 6) is -0.357. The van der Waals surface area contributed by atoms with Crippen LogP contribution in [0.15, 0.2) is 24.3 Å². The Labute approximate surface area is 136 Å². The number of likely N-dealkylation sites (tertiary alicyclic amines) is 1. The average Bonchev–Trinajstić information content (AvgIpc) is 2.69. The zero-order chi connectivity index (χ0) is 16.3. The molecular weight excluding hydrogens is 324 g/mol. The lowest BCUT2D eigenvalue weighted by molar-refractivity contribution is -0.128. The number of nitrogens with zero attached hydrogens (tertiary/aromatic N) is 2. The van der Waals surface area contributed by atoms with Gasteiger partial charge < -0.3 is 9.80 Å². The van der Waals surface area contributed by atoms with Crippen LogP contribution in [0.25, 0.3) is 0 Å². The first-order valence-electron chi connectivity index (χ1n) is 7.15. The minimum absolute atomic E-state index is 0.0114. The second-order valence-corrected chi connectivity index (χ2v) is 8.93. The van der Waals surface area contributed by atoms with E-state index in [4.69, 9.17) is 10.7 Å². The Morgan fingerprint density at radius 1 is 1.23 bits per heavy atom. The van der Waals surface area contributed by atoms with E-state index in [9.17, 15) is 13.2 Å². The smallest absolute Gasteiger partial charge is 0.232 e. The predicted octanol–water partition coefficient (Wildman–Crippen LogP) is 1.67. The summed E-state index contributed by atoms with van der Waals surface area (Å²) in [5.41, 5.74) is 2.26. The summed E-state index contributed by atoms with van der Waals surface area (Å²) in [6.45, 7) is 1.84. The zero-order valence-electron chi connectivity index (χ0n) is 12.8. The van der Waals surface area contributed by atoms with Crippen LogP contribution in [0, 0.1) is 5.92 Å². The summed E-state index contributed by atoms with van der Waals surface area (Å²) in [6, 6.07) is 8.13. The number of rotatable bonds is 6. The number of halogens is 1. The van der Waals surface area contributed by atoms with Gasteiger partial charge in [-0.15, -0.1) is 0 Å². The highest BCUT2D eigenvalue weighted by atomic mass is 35.7. The topological polar surface area (TPSA) is 57.7 Å². The minimum atomic E-state index is -3.56. The van der Waals surface area contributed by atoms with Crippen molar-refractivity contribution in [2.45, 2.75) is 19.5 Å². The van der Waals surface area contributed by atoms with Crippen molar-refractivity contribution in [1.29, 1.82) is 0 Å². The van der Waals surface area contributed by atoms with E-state index in [2.05, 4.69) is 17.0 Å². The Balaban J connectivity index is 1.94. The summed E-state index contributed by atoms with van der Waals surface area (Å²) >= 11 is 0. The summed E-state index contributed by atoms with van der Waals surface area (Å²) in [7, 11) is 5.74. The van der Waals surface area contributed by atoms with Crippen LogP contribution < -0.4 is 0 Å². The van der Waals surface area contributed by atoms with E-state index in [1.165, 1.54) is 5.56 Å². The van der Waals surface area contributed by atoms with E-state index in [1.54, 1.807) is 4.90 Å². The van der Waals surface area contributed by atoms with Crippen molar-refractivity contribution in [2.24, 2.45) is 5.92 Å². The molecule has 22 heavy (non-hydrogen) atoms. The number of hydrogen-bond donors (Lipinski definition) is 0. The molecule has 1 saturated heterocycles. The monoisotopic (exact) mass is 344 g/mol. The molecule has 0 aromatic heterocycles.